The topological polar surface area (TPSA) is 12.5 Å². The zero-order chi connectivity index (χ0) is 7.00. The van der Waals surface area contributed by atoms with Gasteiger partial charge < -0.3 is 4.74 Å². The lowest BCUT2D eigenvalue weighted by atomic mass is 9.82. The Labute approximate surface area is 66.4 Å². The van der Waals surface area contributed by atoms with Crippen LogP contribution in [0.25, 0.3) is 0 Å². The molecule has 0 aromatic carbocycles. The number of rotatable bonds is 0. The number of fused-ring (bicyclic) bond motifs is 8. The third-order valence-corrected chi connectivity index (χ3v) is 4.26. The summed E-state index contributed by atoms with van der Waals surface area (Å²) in [4.78, 5) is 0. The second-order valence-electron chi connectivity index (χ2n) is 4.53. The molecule has 1 heteroatoms. The highest BCUT2D eigenvalue weighted by Gasteiger charge is 2.66. The van der Waals surface area contributed by atoms with Gasteiger partial charge in [-0.2, -0.15) is 0 Å². The Kier molecular flexibility index (Phi) is 0.695. The molecule has 0 N–H and O–H groups in total. The van der Waals surface area contributed by atoms with Gasteiger partial charge in [-0.25, -0.2) is 0 Å². The molecule has 1 aliphatic heterocycles. The standard InChI is InChI=1S/C10H12O/c1-2-5-6(3-1)8-4-7(5)9-10(8)11-9/h1-2,5-10H,3-4H2. The highest BCUT2D eigenvalue weighted by atomic mass is 16.6. The van der Waals surface area contributed by atoms with Crippen LogP contribution in [-0.2, 0) is 4.74 Å². The van der Waals surface area contributed by atoms with Gasteiger partial charge in [-0.1, -0.05) is 12.2 Å². The molecule has 3 fully saturated rings. The minimum absolute atomic E-state index is 0.698. The van der Waals surface area contributed by atoms with Crippen LogP contribution in [0.5, 0.6) is 0 Å². The molecule has 1 nitrogen and oxygen atoms in total. The normalized spacial score (nSPS) is 68.4. The molecule has 6 unspecified atom stereocenters. The predicted molar refractivity (Wildman–Crippen MR) is 41.0 cm³/mol. The second-order valence-corrected chi connectivity index (χ2v) is 4.53. The predicted octanol–water partition coefficient (Wildman–Crippen LogP) is 1.60. The van der Waals surface area contributed by atoms with Gasteiger partial charge in [-0.15, -0.1) is 0 Å². The van der Waals surface area contributed by atoms with Gasteiger partial charge in [0.05, 0.1) is 12.2 Å². The van der Waals surface area contributed by atoms with Crippen molar-refractivity contribution in [3.63, 3.8) is 0 Å². The number of epoxide rings is 1. The quantitative estimate of drug-likeness (QED) is 0.375. The molecule has 4 rings (SSSR count). The summed E-state index contributed by atoms with van der Waals surface area (Å²) >= 11 is 0. The Bertz CT molecular complexity index is 245. The number of allylic oxidation sites excluding steroid dienone is 2. The minimum Gasteiger partial charge on any atom is -0.369 e. The number of ether oxygens (including phenoxy) is 1. The van der Waals surface area contributed by atoms with Crippen LogP contribution in [0.2, 0.25) is 0 Å². The maximum absolute atomic E-state index is 5.64. The van der Waals surface area contributed by atoms with Gasteiger partial charge in [0.15, 0.2) is 0 Å². The monoisotopic (exact) mass is 148 g/mol. The molecule has 0 amide bonds. The van der Waals surface area contributed by atoms with E-state index < -0.39 is 0 Å². The lowest BCUT2D eigenvalue weighted by Crippen LogP contribution is -2.23. The third kappa shape index (κ3) is 0.451. The Morgan fingerprint density at radius 1 is 1.09 bits per heavy atom. The maximum Gasteiger partial charge on any atom is 0.0878 e. The zero-order valence-electron chi connectivity index (χ0n) is 6.44. The Balaban J connectivity index is 1.82. The fourth-order valence-corrected chi connectivity index (χ4v) is 3.82. The van der Waals surface area contributed by atoms with E-state index in [2.05, 4.69) is 12.2 Å². The van der Waals surface area contributed by atoms with Crippen molar-refractivity contribution >= 4 is 0 Å². The summed E-state index contributed by atoms with van der Waals surface area (Å²) in [6, 6.07) is 0. The van der Waals surface area contributed by atoms with E-state index >= 15 is 0 Å². The van der Waals surface area contributed by atoms with E-state index in [1.165, 1.54) is 12.8 Å². The van der Waals surface area contributed by atoms with Crippen molar-refractivity contribution in [2.75, 3.05) is 0 Å². The Morgan fingerprint density at radius 3 is 3.00 bits per heavy atom. The lowest BCUT2D eigenvalue weighted by Gasteiger charge is -2.20. The van der Waals surface area contributed by atoms with E-state index in [0.29, 0.717) is 12.2 Å². The summed E-state index contributed by atoms with van der Waals surface area (Å²) < 4.78 is 5.64. The number of hydrogen-bond donors (Lipinski definition) is 0. The van der Waals surface area contributed by atoms with Gasteiger partial charge in [-0.05, 0) is 36.5 Å². The molecule has 0 aromatic rings. The van der Waals surface area contributed by atoms with Crippen molar-refractivity contribution in [1.29, 1.82) is 0 Å². The first-order valence-electron chi connectivity index (χ1n) is 4.77. The summed E-state index contributed by atoms with van der Waals surface area (Å²) in [5.74, 6) is 3.78. The van der Waals surface area contributed by atoms with Gasteiger partial charge in [0.2, 0.25) is 0 Å². The van der Waals surface area contributed by atoms with Crippen LogP contribution in [0.15, 0.2) is 12.2 Å². The molecule has 0 spiro atoms. The molecule has 58 valence electrons. The van der Waals surface area contributed by atoms with Crippen molar-refractivity contribution in [3.05, 3.63) is 12.2 Å². The molecule has 6 atom stereocenters. The van der Waals surface area contributed by atoms with Gasteiger partial charge in [-0.3, -0.25) is 0 Å². The summed E-state index contributed by atoms with van der Waals surface area (Å²) in [7, 11) is 0. The van der Waals surface area contributed by atoms with Crippen LogP contribution in [0.1, 0.15) is 12.8 Å². The van der Waals surface area contributed by atoms with Crippen LogP contribution in [0.3, 0.4) is 0 Å². The smallest absolute Gasteiger partial charge is 0.0878 e. The third-order valence-electron chi connectivity index (χ3n) is 4.26. The first kappa shape index (κ1) is 5.36. The van der Waals surface area contributed by atoms with Crippen LogP contribution in [0, 0.1) is 23.7 Å². The summed E-state index contributed by atoms with van der Waals surface area (Å²) in [5, 5.41) is 0. The molecule has 2 saturated carbocycles. The SMILES string of the molecule is C1=CC2C(C1)C1CC2C2OC12. The van der Waals surface area contributed by atoms with E-state index in [1.807, 2.05) is 0 Å². The molecular weight excluding hydrogens is 136 g/mol. The van der Waals surface area contributed by atoms with Crippen molar-refractivity contribution in [3.8, 4) is 0 Å². The van der Waals surface area contributed by atoms with Crippen LogP contribution in [0.4, 0.5) is 0 Å². The zero-order valence-corrected chi connectivity index (χ0v) is 6.44. The average molecular weight is 148 g/mol. The highest BCUT2D eigenvalue weighted by Crippen LogP contribution is 2.64. The summed E-state index contributed by atoms with van der Waals surface area (Å²) in [5.41, 5.74) is 0. The largest absolute Gasteiger partial charge is 0.369 e. The first-order chi connectivity index (χ1) is 5.45. The first-order valence-corrected chi connectivity index (χ1v) is 4.77. The van der Waals surface area contributed by atoms with Crippen molar-refractivity contribution in [1.82, 2.24) is 0 Å². The molecule has 3 aliphatic carbocycles. The van der Waals surface area contributed by atoms with Crippen molar-refractivity contribution in [2.45, 2.75) is 25.0 Å². The molecule has 11 heavy (non-hydrogen) atoms. The molecule has 4 aliphatic rings. The minimum atomic E-state index is 0.698. The van der Waals surface area contributed by atoms with Gasteiger partial charge in [0.25, 0.3) is 0 Å². The average Bonchev–Trinajstić information content (AvgIpc) is 2.46. The fourth-order valence-electron chi connectivity index (χ4n) is 3.82. The molecule has 1 saturated heterocycles. The molecular formula is C10H12O. The van der Waals surface area contributed by atoms with Crippen LogP contribution >= 0.6 is 0 Å². The van der Waals surface area contributed by atoms with Crippen molar-refractivity contribution < 1.29 is 4.74 Å². The highest BCUT2D eigenvalue weighted by molar-refractivity contribution is 5.21. The summed E-state index contributed by atoms with van der Waals surface area (Å²) in [6.45, 7) is 0. The van der Waals surface area contributed by atoms with Gasteiger partial charge in [0.1, 0.15) is 0 Å². The fraction of sp³-hybridized carbons (Fsp3) is 0.800. The van der Waals surface area contributed by atoms with E-state index in [4.69, 9.17) is 4.74 Å². The van der Waals surface area contributed by atoms with Gasteiger partial charge >= 0.3 is 0 Å². The molecule has 0 aromatic heterocycles. The molecule has 2 bridgehead atoms. The maximum atomic E-state index is 5.64. The van der Waals surface area contributed by atoms with Crippen LogP contribution in [-0.4, -0.2) is 12.2 Å². The second kappa shape index (κ2) is 1.42. The lowest BCUT2D eigenvalue weighted by molar-refractivity contribution is 0.250. The molecule has 0 radical (unpaired) electrons. The summed E-state index contributed by atoms with van der Waals surface area (Å²) in [6.07, 6.45) is 9.07. The molecule has 1 heterocycles. The van der Waals surface area contributed by atoms with E-state index in [9.17, 15) is 0 Å². The van der Waals surface area contributed by atoms with E-state index in [0.717, 1.165) is 23.7 Å². The van der Waals surface area contributed by atoms with Gasteiger partial charge in [0, 0.05) is 0 Å². The van der Waals surface area contributed by atoms with E-state index in [1.54, 1.807) is 0 Å². The Morgan fingerprint density at radius 2 is 2.00 bits per heavy atom. The van der Waals surface area contributed by atoms with E-state index in [-0.39, 0.29) is 0 Å². The van der Waals surface area contributed by atoms with Crippen LogP contribution < -0.4 is 0 Å². The van der Waals surface area contributed by atoms with Crippen molar-refractivity contribution in [2.24, 2.45) is 23.7 Å². The Hall–Kier alpha value is -0.300. The number of hydrogen-bond acceptors (Lipinski definition) is 1.